The Hall–Kier alpha value is -0.910. The maximum absolute atomic E-state index is 13.2. The number of anilines is 1. The molecule has 20 heavy (non-hydrogen) atoms. The van der Waals surface area contributed by atoms with Gasteiger partial charge in [-0.25, -0.2) is 8.78 Å². The van der Waals surface area contributed by atoms with E-state index in [1.54, 1.807) is 12.1 Å². The summed E-state index contributed by atoms with van der Waals surface area (Å²) in [6.07, 6.45) is -0.644. The van der Waals surface area contributed by atoms with Crippen molar-refractivity contribution in [1.29, 1.82) is 0 Å². The number of hydrogen-bond acceptors (Lipinski definition) is 3. The summed E-state index contributed by atoms with van der Waals surface area (Å²) in [7, 11) is 0. The number of nitrogens with zero attached hydrogens (tertiary/aromatic N) is 1. The van der Waals surface area contributed by atoms with Gasteiger partial charge in [-0.3, -0.25) is 0 Å². The lowest BCUT2D eigenvalue weighted by Gasteiger charge is -2.33. The fourth-order valence-electron chi connectivity index (χ4n) is 2.56. The SMILES string of the molecule is FC1(F)CCN(c2cc(Cl)cc(C3OCCO3)c2)CC1. The first kappa shape index (κ1) is 14.0. The van der Waals surface area contributed by atoms with Crippen LogP contribution < -0.4 is 4.90 Å². The zero-order chi connectivity index (χ0) is 14.2. The van der Waals surface area contributed by atoms with E-state index in [0.29, 0.717) is 31.3 Å². The van der Waals surface area contributed by atoms with Crippen molar-refractivity contribution in [2.75, 3.05) is 31.2 Å². The Labute approximate surface area is 121 Å². The average Bonchev–Trinajstić information content (AvgIpc) is 2.91. The van der Waals surface area contributed by atoms with Gasteiger partial charge in [0.2, 0.25) is 0 Å². The molecule has 2 saturated heterocycles. The molecule has 2 aliphatic heterocycles. The van der Waals surface area contributed by atoms with Gasteiger partial charge >= 0.3 is 0 Å². The monoisotopic (exact) mass is 303 g/mol. The maximum Gasteiger partial charge on any atom is 0.251 e. The molecule has 0 aliphatic carbocycles. The van der Waals surface area contributed by atoms with Crippen LogP contribution in [0.25, 0.3) is 0 Å². The van der Waals surface area contributed by atoms with Gasteiger partial charge in [0.05, 0.1) is 13.2 Å². The van der Waals surface area contributed by atoms with Gasteiger partial charge in [0.15, 0.2) is 6.29 Å². The second-order valence-electron chi connectivity index (χ2n) is 5.16. The number of piperidine rings is 1. The normalized spacial score (nSPS) is 23.2. The van der Waals surface area contributed by atoms with Crippen molar-refractivity contribution < 1.29 is 18.3 Å². The van der Waals surface area contributed by atoms with Crippen molar-refractivity contribution in [2.45, 2.75) is 25.1 Å². The zero-order valence-corrected chi connectivity index (χ0v) is 11.7. The van der Waals surface area contributed by atoms with Crippen LogP contribution in [0.4, 0.5) is 14.5 Å². The molecule has 1 aromatic carbocycles. The average molecular weight is 304 g/mol. The molecule has 0 spiro atoms. The standard InChI is InChI=1S/C14H16ClF2NO2/c15-11-7-10(13-19-5-6-20-13)8-12(9-11)18-3-1-14(16,17)2-4-18/h7-9,13H,1-6H2. The molecule has 0 atom stereocenters. The summed E-state index contributed by atoms with van der Waals surface area (Å²) in [5, 5.41) is 0.564. The van der Waals surface area contributed by atoms with Gasteiger partial charge in [0, 0.05) is 42.2 Å². The molecule has 0 bridgehead atoms. The van der Waals surface area contributed by atoms with E-state index in [1.807, 2.05) is 11.0 Å². The van der Waals surface area contributed by atoms with Crippen molar-refractivity contribution in [3.05, 3.63) is 28.8 Å². The van der Waals surface area contributed by atoms with Crippen molar-refractivity contribution >= 4 is 17.3 Å². The molecular formula is C14H16ClF2NO2. The number of ether oxygens (including phenoxy) is 2. The molecule has 3 rings (SSSR count). The fraction of sp³-hybridized carbons (Fsp3) is 0.571. The van der Waals surface area contributed by atoms with Gasteiger partial charge in [-0.2, -0.15) is 0 Å². The first-order valence-corrected chi connectivity index (χ1v) is 7.08. The number of hydrogen-bond donors (Lipinski definition) is 0. The van der Waals surface area contributed by atoms with Crippen molar-refractivity contribution in [3.63, 3.8) is 0 Å². The Bertz CT molecular complexity index is 482. The molecule has 0 amide bonds. The lowest BCUT2D eigenvalue weighted by Crippen LogP contribution is -2.39. The maximum atomic E-state index is 13.2. The molecule has 2 fully saturated rings. The predicted molar refractivity (Wildman–Crippen MR) is 72.5 cm³/mol. The molecule has 0 radical (unpaired) electrons. The smallest absolute Gasteiger partial charge is 0.251 e. The second kappa shape index (κ2) is 5.47. The van der Waals surface area contributed by atoms with Crippen LogP contribution in [0.5, 0.6) is 0 Å². The van der Waals surface area contributed by atoms with Gasteiger partial charge in [0.25, 0.3) is 5.92 Å². The highest BCUT2D eigenvalue weighted by atomic mass is 35.5. The molecular weight excluding hydrogens is 288 g/mol. The summed E-state index contributed by atoms with van der Waals surface area (Å²) in [5.41, 5.74) is 1.68. The Morgan fingerprint density at radius 2 is 1.75 bits per heavy atom. The van der Waals surface area contributed by atoms with Crippen LogP contribution in [-0.2, 0) is 9.47 Å². The lowest BCUT2D eigenvalue weighted by molar-refractivity contribution is -0.0441. The summed E-state index contributed by atoms with van der Waals surface area (Å²) in [5.74, 6) is -2.55. The van der Waals surface area contributed by atoms with Crippen LogP contribution in [0.2, 0.25) is 5.02 Å². The summed E-state index contributed by atoms with van der Waals surface area (Å²) in [4.78, 5) is 1.93. The third kappa shape index (κ3) is 3.05. The largest absolute Gasteiger partial charge is 0.371 e. The van der Waals surface area contributed by atoms with Crippen molar-refractivity contribution in [3.8, 4) is 0 Å². The lowest BCUT2D eigenvalue weighted by atomic mass is 10.1. The van der Waals surface area contributed by atoms with E-state index in [0.717, 1.165) is 11.3 Å². The molecule has 2 aliphatic rings. The zero-order valence-electron chi connectivity index (χ0n) is 10.9. The van der Waals surface area contributed by atoms with Gasteiger partial charge in [-0.15, -0.1) is 0 Å². The Morgan fingerprint density at radius 3 is 2.40 bits per heavy atom. The van der Waals surface area contributed by atoms with E-state index in [2.05, 4.69) is 0 Å². The van der Waals surface area contributed by atoms with E-state index in [1.165, 1.54) is 0 Å². The van der Waals surface area contributed by atoms with Gasteiger partial charge in [-0.1, -0.05) is 11.6 Å². The number of rotatable bonds is 2. The van der Waals surface area contributed by atoms with Gasteiger partial charge in [0.1, 0.15) is 0 Å². The van der Waals surface area contributed by atoms with Gasteiger partial charge < -0.3 is 14.4 Å². The van der Waals surface area contributed by atoms with E-state index >= 15 is 0 Å². The van der Waals surface area contributed by atoms with Crippen LogP contribution in [0.15, 0.2) is 18.2 Å². The molecule has 0 unspecified atom stereocenters. The molecule has 0 saturated carbocycles. The number of halogens is 3. The van der Waals surface area contributed by atoms with Crippen LogP contribution in [0.1, 0.15) is 24.7 Å². The van der Waals surface area contributed by atoms with Crippen molar-refractivity contribution in [1.82, 2.24) is 0 Å². The highest BCUT2D eigenvalue weighted by Gasteiger charge is 2.34. The van der Waals surface area contributed by atoms with Crippen molar-refractivity contribution in [2.24, 2.45) is 0 Å². The fourth-order valence-corrected chi connectivity index (χ4v) is 2.80. The summed E-state index contributed by atoms with van der Waals surface area (Å²) in [6, 6.07) is 5.49. The molecule has 6 heteroatoms. The van der Waals surface area contributed by atoms with Crippen LogP contribution in [0, 0.1) is 0 Å². The van der Waals surface area contributed by atoms with E-state index in [9.17, 15) is 8.78 Å². The van der Waals surface area contributed by atoms with Crippen LogP contribution in [-0.4, -0.2) is 32.2 Å². The van der Waals surface area contributed by atoms with Crippen LogP contribution in [0.3, 0.4) is 0 Å². The minimum atomic E-state index is -2.55. The second-order valence-corrected chi connectivity index (χ2v) is 5.60. The van der Waals surface area contributed by atoms with E-state index in [4.69, 9.17) is 21.1 Å². The third-order valence-electron chi connectivity index (χ3n) is 3.66. The minimum Gasteiger partial charge on any atom is -0.371 e. The number of benzene rings is 1. The Balaban J connectivity index is 1.79. The Kier molecular flexibility index (Phi) is 3.84. The molecule has 0 aromatic heterocycles. The molecule has 2 heterocycles. The molecule has 1 aromatic rings. The third-order valence-corrected chi connectivity index (χ3v) is 3.88. The Morgan fingerprint density at radius 1 is 1.10 bits per heavy atom. The van der Waals surface area contributed by atoms with E-state index < -0.39 is 12.2 Å². The quantitative estimate of drug-likeness (QED) is 0.833. The highest BCUT2D eigenvalue weighted by Crippen LogP contribution is 2.34. The predicted octanol–water partition coefficient (Wildman–Crippen LogP) is 3.62. The highest BCUT2D eigenvalue weighted by molar-refractivity contribution is 6.30. The first-order chi connectivity index (χ1) is 9.53. The molecule has 110 valence electrons. The summed E-state index contributed by atoms with van der Waals surface area (Å²) >= 11 is 6.12. The number of alkyl halides is 2. The van der Waals surface area contributed by atoms with Crippen LogP contribution >= 0.6 is 11.6 Å². The summed E-state index contributed by atoms with van der Waals surface area (Å²) < 4.78 is 37.3. The minimum absolute atomic E-state index is 0.120. The van der Waals surface area contributed by atoms with Gasteiger partial charge in [-0.05, 0) is 18.2 Å². The topological polar surface area (TPSA) is 21.7 Å². The molecule has 3 nitrogen and oxygen atoms in total. The first-order valence-electron chi connectivity index (χ1n) is 6.70. The molecule has 0 N–H and O–H groups in total. The summed E-state index contributed by atoms with van der Waals surface area (Å²) in [6.45, 7) is 1.78. The van der Waals surface area contributed by atoms with E-state index in [-0.39, 0.29) is 12.8 Å².